The fourth-order valence-electron chi connectivity index (χ4n) is 2.52. The molecule has 0 radical (unpaired) electrons. The molecule has 2 unspecified atom stereocenters. The first kappa shape index (κ1) is 14.7. The highest BCUT2D eigenvalue weighted by Crippen LogP contribution is 2.46. The van der Waals surface area contributed by atoms with E-state index in [9.17, 15) is 13.0 Å². The predicted molar refractivity (Wildman–Crippen MR) is 68.7 cm³/mol. The zero-order valence-electron chi connectivity index (χ0n) is 11.2. The Hall–Kier alpha value is -0.350. The lowest BCUT2D eigenvalue weighted by Gasteiger charge is -2.45. The molecule has 0 spiro atoms. The Balaban J connectivity index is 3.14. The van der Waals surface area contributed by atoms with E-state index in [1.54, 1.807) is 6.08 Å². The summed E-state index contributed by atoms with van der Waals surface area (Å²) in [5, 5.41) is 0. The Kier molecular flexibility index (Phi) is 4.09. The van der Waals surface area contributed by atoms with Crippen molar-refractivity contribution in [3.63, 3.8) is 0 Å². The van der Waals surface area contributed by atoms with Crippen LogP contribution in [0.5, 0.6) is 0 Å². The van der Waals surface area contributed by atoms with E-state index in [1.807, 2.05) is 26.8 Å². The molecule has 1 rings (SSSR count). The Bertz CT molecular complexity index is 395. The van der Waals surface area contributed by atoms with Gasteiger partial charge in [-0.15, -0.1) is 0 Å². The number of allylic oxidation sites excluding steroid dienone is 1. The molecule has 0 aromatic rings. The lowest BCUT2D eigenvalue weighted by Crippen LogP contribution is -2.45. The minimum absolute atomic E-state index is 0.139. The molecule has 0 aromatic heterocycles. The van der Waals surface area contributed by atoms with Gasteiger partial charge in [0.1, 0.15) is 10.1 Å². The zero-order chi connectivity index (χ0) is 13.3. The maximum Gasteiger partial charge on any atom is 0.104 e. The van der Waals surface area contributed by atoms with Gasteiger partial charge in [0.05, 0.1) is 4.75 Å². The fraction of sp³-hybridized carbons (Fsp3) is 0.846. The molecule has 0 aliphatic heterocycles. The third-order valence-electron chi connectivity index (χ3n) is 4.13. The molecule has 0 amide bonds. The van der Waals surface area contributed by atoms with Crippen molar-refractivity contribution in [1.29, 1.82) is 0 Å². The van der Waals surface area contributed by atoms with Crippen molar-refractivity contribution in [2.24, 2.45) is 11.3 Å². The summed E-state index contributed by atoms with van der Waals surface area (Å²) >= 11 is 0. The predicted octanol–water partition coefficient (Wildman–Crippen LogP) is 3.08. The minimum Gasteiger partial charge on any atom is -0.747 e. The second kappa shape index (κ2) is 4.73. The van der Waals surface area contributed by atoms with E-state index in [2.05, 4.69) is 6.92 Å². The summed E-state index contributed by atoms with van der Waals surface area (Å²) < 4.78 is 33.6. The van der Waals surface area contributed by atoms with Gasteiger partial charge in [-0.2, -0.15) is 0 Å². The second-order valence-corrected chi connectivity index (χ2v) is 7.66. The Labute approximate surface area is 105 Å². The largest absolute Gasteiger partial charge is 0.747 e. The van der Waals surface area contributed by atoms with Crippen LogP contribution >= 0.6 is 0 Å². The molecule has 0 bridgehead atoms. The first-order valence-corrected chi connectivity index (χ1v) is 7.70. The molecule has 1 aliphatic rings. The first-order valence-electron chi connectivity index (χ1n) is 6.29. The first-order chi connectivity index (χ1) is 7.65. The van der Waals surface area contributed by atoms with Crippen LogP contribution in [0.2, 0.25) is 0 Å². The molecular formula is C13H23O3S-. The van der Waals surface area contributed by atoms with Crippen molar-refractivity contribution < 1.29 is 13.0 Å². The minimum atomic E-state index is -4.29. The van der Waals surface area contributed by atoms with Gasteiger partial charge in [0.2, 0.25) is 0 Å². The van der Waals surface area contributed by atoms with Gasteiger partial charge in [-0.05, 0) is 24.2 Å². The van der Waals surface area contributed by atoms with E-state index < -0.39 is 14.9 Å². The highest BCUT2D eigenvalue weighted by atomic mass is 32.2. The average molecular weight is 259 g/mol. The highest BCUT2D eigenvalue weighted by Gasteiger charge is 2.44. The molecule has 0 fully saturated rings. The lowest BCUT2D eigenvalue weighted by molar-refractivity contribution is 0.204. The SMILES string of the molecule is CCCCC1(S(=O)(=O)[O-])C=CC(C)C(C)(C)C1. The van der Waals surface area contributed by atoms with Gasteiger partial charge >= 0.3 is 0 Å². The maximum absolute atomic E-state index is 11.6. The topological polar surface area (TPSA) is 57.2 Å². The summed E-state index contributed by atoms with van der Waals surface area (Å²) in [5.41, 5.74) is -0.139. The van der Waals surface area contributed by atoms with Crippen LogP contribution in [-0.4, -0.2) is 17.7 Å². The number of hydrogen-bond acceptors (Lipinski definition) is 3. The van der Waals surface area contributed by atoms with Crippen LogP contribution < -0.4 is 0 Å². The van der Waals surface area contributed by atoms with E-state index >= 15 is 0 Å². The number of rotatable bonds is 4. The van der Waals surface area contributed by atoms with Gasteiger partial charge in [0.25, 0.3) is 0 Å². The molecule has 3 nitrogen and oxygen atoms in total. The number of unbranched alkanes of at least 4 members (excludes halogenated alkanes) is 1. The van der Waals surface area contributed by atoms with Crippen molar-refractivity contribution in [1.82, 2.24) is 0 Å². The maximum atomic E-state index is 11.6. The summed E-state index contributed by atoms with van der Waals surface area (Å²) in [7, 11) is -4.29. The Morgan fingerprint density at radius 1 is 1.41 bits per heavy atom. The summed E-state index contributed by atoms with van der Waals surface area (Å²) in [5.74, 6) is 0.305. The van der Waals surface area contributed by atoms with Crippen LogP contribution in [0.15, 0.2) is 12.2 Å². The fourth-order valence-corrected chi connectivity index (χ4v) is 3.70. The van der Waals surface area contributed by atoms with Crippen LogP contribution in [0.25, 0.3) is 0 Å². The van der Waals surface area contributed by atoms with Gasteiger partial charge < -0.3 is 4.55 Å². The Morgan fingerprint density at radius 2 is 2.00 bits per heavy atom. The summed E-state index contributed by atoms with van der Waals surface area (Å²) in [4.78, 5) is 0. The van der Waals surface area contributed by atoms with E-state index in [0.717, 1.165) is 12.8 Å². The summed E-state index contributed by atoms with van der Waals surface area (Å²) in [6.07, 6.45) is 6.11. The molecule has 4 heteroatoms. The van der Waals surface area contributed by atoms with Gasteiger partial charge in [-0.25, -0.2) is 8.42 Å². The van der Waals surface area contributed by atoms with Gasteiger partial charge in [0.15, 0.2) is 0 Å². The lowest BCUT2D eigenvalue weighted by atomic mass is 9.68. The van der Waals surface area contributed by atoms with Crippen molar-refractivity contribution in [3.8, 4) is 0 Å². The molecule has 1 aliphatic carbocycles. The van der Waals surface area contributed by atoms with E-state index in [1.165, 1.54) is 0 Å². The molecule has 0 N–H and O–H groups in total. The quantitative estimate of drug-likeness (QED) is 0.576. The van der Waals surface area contributed by atoms with Crippen LogP contribution in [0.4, 0.5) is 0 Å². The third kappa shape index (κ3) is 2.91. The van der Waals surface area contributed by atoms with E-state index in [0.29, 0.717) is 18.8 Å². The highest BCUT2D eigenvalue weighted by molar-refractivity contribution is 7.87. The van der Waals surface area contributed by atoms with E-state index in [-0.39, 0.29) is 5.41 Å². The molecule has 0 saturated heterocycles. The monoisotopic (exact) mass is 259 g/mol. The zero-order valence-corrected chi connectivity index (χ0v) is 12.0. The van der Waals surface area contributed by atoms with Crippen molar-refractivity contribution >= 4 is 10.1 Å². The van der Waals surface area contributed by atoms with Crippen molar-refractivity contribution in [3.05, 3.63) is 12.2 Å². The normalized spacial score (nSPS) is 32.6. The third-order valence-corrected chi connectivity index (χ3v) is 5.61. The summed E-state index contributed by atoms with van der Waals surface area (Å²) in [6, 6.07) is 0. The summed E-state index contributed by atoms with van der Waals surface area (Å²) in [6.45, 7) is 8.14. The molecule has 0 saturated carbocycles. The standard InChI is InChI=1S/C13H24O3S/c1-5-6-8-13(17(14,15)16)9-7-11(2)12(3,4)10-13/h7,9,11H,5-6,8,10H2,1-4H3,(H,14,15,16)/p-1. The smallest absolute Gasteiger partial charge is 0.104 e. The van der Waals surface area contributed by atoms with Crippen LogP contribution in [0.3, 0.4) is 0 Å². The van der Waals surface area contributed by atoms with Gasteiger partial charge in [-0.3, -0.25) is 0 Å². The van der Waals surface area contributed by atoms with Crippen LogP contribution in [0.1, 0.15) is 53.4 Å². The molecule has 0 heterocycles. The molecule has 17 heavy (non-hydrogen) atoms. The molecule has 100 valence electrons. The van der Waals surface area contributed by atoms with Crippen LogP contribution in [0, 0.1) is 11.3 Å². The van der Waals surface area contributed by atoms with Crippen LogP contribution in [-0.2, 0) is 10.1 Å². The van der Waals surface area contributed by atoms with Gasteiger partial charge in [0, 0.05) is 0 Å². The molecular weight excluding hydrogens is 236 g/mol. The second-order valence-electron chi connectivity index (χ2n) is 5.94. The number of hydrogen-bond donors (Lipinski definition) is 0. The average Bonchev–Trinajstić information content (AvgIpc) is 2.18. The van der Waals surface area contributed by atoms with E-state index in [4.69, 9.17) is 0 Å². The molecule has 0 aromatic carbocycles. The Morgan fingerprint density at radius 3 is 2.41 bits per heavy atom. The molecule has 2 atom stereocenters. The van der Waals surface area contributed by atoms with Crippen molar-refractivity contribution in [2.75, 3.05) is 0 Å². The van der Waals surface area contributed by atoms with Crippen molar-refractivity contribution in [2.45, 2.75) is 58.1 Å². The van der Waals surface area contributed by atoms with Gasteiger partial charge in [-0.1, -0.05) is 52.7 Å².